The van der Waals surface area contributed by atoms with Gasteiger partial charge in [0.05, 0.1) is 30.9 Å². The highest BCUT2D eigenvalue weighted by Gasteiger charge is 2.45. The zero-order valence-corrected chi connectivity index (χ0v) is 20.2. The second kappa shape index (κ2) is 9.50. The minimum Gasteiger partial charge on any atom is -0.448 e. The summed E-state index contributed by atoms with van der Waals surface area (Å²) in [5.41, 5.74) is 4.54. The third-order valence-corrected chi connectivity index (χ3v) is 7.63. The summed E-state index contributed by atoms with van der Waals surface area (Å²) in [6.45, 7) is 0.705. The molecule has 10 heteroatoms. The lowest BCUT2D eigenvalue weighted by molar-refractivity contribution is -0.145. The number of rotatable bonds is 4. The highest BCUT2D eigenvalue weighted by atomic mass is 19.4. The first kappa shape index (κ1) is 24.5. The van der Waals surface area contributed by atoms with Gasteiger partial charge in [0.25, 0.3) is 0 Å². The van der Waals surface area contributed by atoms with Gasteiger partial charge in [-0.1, -0.05) is 48.5 Å². The maximum atomic E-state index is 13.3. The Kier molecular flexibility index (Phi) is 6.14. The molecule has 2 aromatic carbocycles. The van der Waals surface area contributed by atoms with Crippen molar-refractivity contribution in [1.82, 2.24) is 14.9 Å². The Balaban J connectivity index is 1.14. The molecule has 1 amide bonds. The molecule has 2 fully saturated rings. The van der Waals surface area contributed by atoms with Crippen molar-refractivity contribution in [2.45, 2.75) is 37.0 Å². The zero-order valence-electron chi connectivity index (χ0n) is 20.2. The van der Waals surface area contributed by atoms with E-state index in [1.165, 1.54) is 0 Å². The van der Waals surface area contributed by atoms with Crippen molar-refractivity contribution >= 4 is 11.9 Å². The number of aromatic nitrogens is 2. The summed E-state index contributed by atoms with van der Waals surface area (Å²) in [6.07, 6.45) is -2.65. The van der Waals surface area contributed by atoms with Crippen LogP contribution in [0.3, 0.4) is 0 Å². The first-order valence-corrected chi connectivity index (χ1v) is 12.5. The van der Waals surface area contributed by atoms with Gasteiger partial charge in [0.2, 0.25) is 5.82 Å². The molecular formula is C28H24F3N3O4. The average Bonchev–Trinajstić information content (AvgIpc) is 3.24. The average molecular weight is 524 g/mol. The molecule has 6 rings (SSSR count). The Hall–Kier alpha value is -3.79. The third kappa shape index (κ3) is 4.32. The molecule has 0 N–H and O–H groups in total. The summed E-state index contributed by atoms with van der Waals surface area (Å²) in [4.78, 5) is 34.7. The highest BCUT2D eigenvalue weighted by Crippen LogP contribution is 2.45. The lowest BCUT2D eigenvalue weighted by atomic mass is 9.81. The molecule has 3 heterocycles. The Labute approximate surface area is 216 Å². The molecule has 2 atom stereocenters. The Morgan fingerprint density at radius 3 is 2.03 bits per heavy atom. The molecule has 2 aliphatic heterocycles. The number of ether oxygens (including phenoxy) is 2. The van der Waals surface area contributed by atoms with E-state index in [-0.39, 0.29) is 49.2 Å². The van der Waals surface area contributed by atoms with Crippen molar-refractivity contribution in [2.75, 3.05) is 19.8 Å². The fourth-order valence-corrected chi connectivity index (χ4v) is 5.93. The zero-order chi connectivity index (χ0) is 26.4. The SMILES string of the molecule is O=C(c1cnc(C(F)(F)F)nc1)C1CC2COCC(C1)N2C(=O)OCC1c2ccccc2-c2ccccc21. The number of amides is 1. The number of hydrogen-bond donors (Lipinski definition) is 0. The van der Waals surface area contributed by atoms with E-state index in [9.17, 15) is 22.8 Å². The summed E-state index contributed by atoms with van der Waals surface area (Å²) in [5, 5.41) is 0. The summed E-state index contributed by atoms with van der Waals surface area (Å²) >= 11 is 0. The van der Waals surface area contributed by atoms with E-state index in [4.69, 9.17) is 9.47 Å². The van der Waals surface area contributed by atoms with E-state index in [0.29, 0.717) is 12.8 Å². The largest absolute Gasteiger partial charge is 0.451 e. The molecule has 0 saturated carbocycles. The van der Waals surface area contributed by atoms with Crippen molar-refractivity contribution in [3.05, 3.63) is 83.4 Å². The second-order valence-corrected chi connectivity index (χ2v) is 9.88. The van der Waals surface area contributed by atoms with E-state index in [0.717, 1.165) is 34.6 Å². The molecule has 2 bridgehead atoms. The van der Waals surface area contributed by atoms with E-state index in [1.54, 1.807) is 4.90 Å². The van der Waals surface area contributed by atoms with E-state index in [1.807, 2.05) is 24.3 Å². The van der Waals surface area contributed by atoms with Gasteiger partial charge in [-0.3, -0.25) is 9.69 Å². The maximum Gasteiger partial charge on any atom is 0.451 e. The molecule has 196 valence electrons. The van der Waals surface area contributed by atoms with Gasteiger partial charge in [0, 0.05) is 24.2 Å². The number of piperidine rings is 1. The minimum atomic E-state index is -4.68. The second-order valence-electron chi connectivity index (χ2n) is 9.88. The number of carbonyl (C=O) groups is 2. The molecule has 1 aliphatic carbocycles. The standard InChI is InChI=1S/C28H24F3N3O4/c29-28(30,31)26-32-11-17(12-33-26)25(35)16-9-18-13-37-14-19(10-16)34(18)27(36)38-15-24-22-7-3-1-5-20(22)21-6-2-4-8-23(21)24/h1-8,11-12,16,18-19,24H,9-10,13-15H2. The van der Waals surface area contributed by atoms with Crippen LogP contribution in [-0.4, -0.2) is 58.6 Å². The predicted molar refractivity (Wildman–Crippen MR) is 129 cm³/mol. The molecule has 38 heavy (non-hydrogen) atoms. The number of ketones is 1. The highest BCUT2D eigenvalue weighted by molar-refractivity contribution is 5.97. The van der Waals surface area contributed by atoms with Crippen LogP contribution in [-0.2, 0) is 15.7 Å². The van der Waals surface area contributed by atoms with E-state index in [2.05, 4.69) is 34.2 Å². The number of halogens is 3. The van der Waals surface area contributed by atoms with Crippen LogP contribution < -0.4 is 0 Å². The monoisotopic (exact) mass is 523 g/mol. The number of morpholine rings is 1. The van der Waals surface area contributed by atoms with Crippen LogP contribution in [0.1, 0.15) is 46.1 Å². The van der Waals surface area contributed by atoms with Gasteiger partial charge in [-0.25, -0.2) is 14.8 Å². The Bertz CT molecular complexity index is 1320. The molecule has 2 saturated heterocycles. The fourth-order valence-electron chi connectivity index (χ4n) is 5.93. The van der Waals surface area contributed by atoms with Crippen LogP contribution in [0, 0.1) is 5.92 Å². The van der Waals surface area contributed by atoms with Gasteiger partial charge in [0.1, 0.15) is 6.61 Å². The van der Waals surface area contributed by atoms with Crippen molar-refractivity contribution in [1.29, 1.82) is 0 Å². The quantitative estimate of drug-likeness (QED) is 0.443. The molecule has 3 aliphatic rings. The fraction of sp³-hybridized carbons (Fsp3) is 0.357. The number of benzene rings is 2. The lowest BCUT2D eigenvalue weighted by Gasteiger charge is -2.47. The van der Waals surface area contributed by atoms with Gasteiger partial charge in [-0.05, 0) is 35.1 Å². The normalized spacial score (nSPS) is 22.5. The van der Waals surface area contributed by atoms with Crippen molar-refractivity contribution in [2.24, 2.45) is 5.92 Å². The van der Waals surface area contributed by atoms with Gasteiger partial charge >= 0.3 is 12.3 Å². The number of nitrogens with zero attached hydrogens (tertiary/aromatic N) is 3. The van der Waals surface area contributed by atoms with Crippen molar-refractivity contribution in [3.8, 4) is 11.1 Å². The van der Waals surface area contributed by atoms with Crippen LogP contribution >= 0.6 is 0 Å². The Morgan fingerprint density at radius 2 is 1.47 bits per heavy atom. The molecule has 0 radical (unpaired) electrons. The third-order valence-electron chi connectivity index (χ3n) is 7.63. The first-order chi connectivity index (χ1) is 18.3. The summed E-state index contributed by atoms with van der Waals surface area (Å²) < 4.78 is 49.9. The van der Waals surface area contributed by atoms with Crippen molar-refractivity contribution in [3.63, 3.8) is 0 Å². The predicted octanol–water partition coefficient (Wildman–Crippen LogP) is 5.11. The lowest BCUT2D eigenvalue weighted by Crippen LogP contribution is -2.60. The number of fused-ring (bicyclic) bond motifs is 5. The first-order valence-electron chi connectivity index (χ1n) is 12.5. The molecule has 1 aromatic heterocycles. The number of alkyl halides is 3. The molecule has 0 spiro atoms. The molecule has 7 nitrogen and oxygen atoms in total. The number of hydrogen-bond acceptors (Lipinski definition) is 6. The summed E-state index contributed by atoms with van der Waals surface area (Å²) in [6, 6.07) is 15.4. The molecule has 3 aromatic rings. The van der Waals surface area contributed by atoms with E-state index < -0.39 is 24.0 Å². The summed E-state index contributed by atoms with van der Waals surface area (Å²) in [5.74, 6) is -2.17. The van der Waals surface area contributed by atoms with Crippen LogP contribution in [0.5, 0.6) is 0 Å². The minimum absolute atomic E-state index is 0.0246. The van der Waals surface area contributed by atoms with Crippen molar-refractivity contribution < 1.29 is 32.2 Å². The van der Waals surface area contributed by atoms with Gasteiger partial charge in [0.15, 0.2) is 5.78 Å². The number of Topliss-reactive ketones (excluding diaryl/α,β-unsaturated/α-hetero) is 1. The topological polar surface area (TPSA) is 81.6 Å². The molecule has 2 unspecified atom stereocenters. The number of carbonyl (C=O) groups excluding carboxylic acids is 2. The summed E-state index contributed by atoms with van der Waals surface area (Å²) in [7, 11) is 0. The Morgan fingerprint density at radius 1 is 0.921 bits per heavy atom. The maximum absolute atomic E-state index is 13.3. The van der Waals surface area contributed by atoms with Gasteiger partial charge < -0.3 is 9.47 Å². The smallest absolute Gasteiger partial charge is 0.448 e. The van der Waals surface area contributed by atoms with E-state index >= 15 is 0 Å². The van der Waals surface area contributed by atoms with Crippen LogP contribution in [0.15, 0.2) is 60.9 Å². The van der Waals surface area contributed by atoms with Gasteiger partial charge in [-0.15, -0.1) is 0 Å². The van der Waals surface area contributed by atoms with Crippen LogP contribution in [0.2, 0.25) is 0 Å². The molecular weight excluding hydrogens is 499 g/mol. The van der Waals surface area contributed by atoms with Crippen LogP contribution in [0.4, 0.5) is 18.0 Å². The van der Waals surface area contributed by atoms with Gasteiger partial charge in [-0.2, -0.15) is 13.2 Å². The van der Waals surface area contributed by atoms with Crippen LogP contribution in [0.25, 0.3) is 11.1 Å².